The number of para-hydroxylation sites is 1. The van der Waals surface area contributed by atoms with Crippen LogP contribution in [0, 0.1) is 6.92 Å². The summed E-state index contributed by atoms with van der Waals surface area (Å²) in [6.45, 7) is 1.87. The van der Waals surface area contributed by atoms with E-state index in [0.29, 0.717) is 10.2 Å². The lowest BCUT2D eigenvalue weighted by molar-refractivity contribution is 0.0991. The SMILES string of the molecule is Cc1ccc(S(=O)(=O)c2ccc(C(=O)Nc3ccccc3Br)o2)cc1. The average Bonchev–Trinajstić information content (AvgIpc) is 3.08. The second kappa shape index (κ2) is 6.85. The van der Waals surface area contributed by atoms with Crippen LogP contribution in [0.3, 0.4) is 0 Å². The second-order valence-corrected chi connectivity index (χ2v) is 8.10. The first kappa shape index (κ1) is 17.4. The van der Waals surface area contributed by atoms with Gasteiger partial charge in [0.05, 0.1) is 10.6 Å². The van der Waals surface area contributed by atoms with Crippen LogP contribution < -0.4 is 5.32 Å². The molecule has 1 heterocycles. The number of aryl methyl sites for hydroxylation is 1. The van der Waals surface area contributed by atoms with Crippen molar-refractivity contribution >= 4 is 37.4 Å². The number of carbonyl (C=O) groups is 1. The Balaban J connectivity index is 1.85. The lowest BCUT2D eigenvalue weighted by atomic mass is 10.2. The number of benzene rings is 2. The molecule has 1 N–H and O–H groups in total. The molecule has 25 heavy (non-hydrogen) atoms. The van der Waals surface area contributed by atoms with Crippen molar-refractivity contribution in [1.29, 1.82) is 0 Å². The lowest BCUT2D eigenvalue weighted by Crippen LogP contribution is -2.11. The van der Waals surface area contributed by atoms with Crippen molar-refractivity contribution in [3.8, 4) is 0 Å². The Kier molecular flexibility index (Phi) is 4.78. The zero-order valence-electron chi connectivity index (χ0n) is 13.2. The number of halogens is 1. The number of sulfone groups is 1. The minimum absolute atomic E-state index is 0.0820. The number of hydrogen-bond acceptors (Lipinski definition) is 4. The van der Waals surface area contributed by atoms with Gasteiger partial charge in [0.25, 0.3) is 5.91 Å². The summed E-state index contributed by atoms with van der Waals surface area (Å²) in [6, 6.07) is 16.1. The maximum atomic E-state index is 12.6. The largest absolute Gasteiger partial charge is 0.439 e. The first-order valence-corrected chi connectivity index (χ1v) is 9.63. The van der Waals surface area contributed by atoms with E-state index < -0.39 is 15.7 Å². The van der Waals surface area contributed by atoms with Crippen molar-refractivity contribution in [1.82, 2.24) is 0 Å². The van der Waals surface area contributed by atoms with E-state index in [0.717, 1.165) is 5.56 Å². The zero-order valence-corrected chi connectivity index (χ0v) is 15.6. The van der Waals surface area contributed by atoms with Crippen LogP contribution in [0.5, 0.6) is 0 Å². The fraction of sp³-hybridized carbons (Fsp3) is 0.0556. The van der Waals surface area contributed by atoms with Crippen LogP contribution in [0.1, 0.15) is 16.1 Å². The van der Waals surface area contributed by atoms with Crippen molar-refractivity contribution in [3.63, 3.8) is 0 Å². The summed E-state index contributed by atoms with van der Waals surface area (Å²) < 4.78 is 31.1. The number of nitrogens with one attached hydrogen (secondary N) is 1. The molecule has 2 aromatic carbocycles. The Morgan fingerprint density at radius 2 is 1.68 bits per heavy atom. The molecule has 0 saturated carbocycles. The quantitative estimate of drug-likeness (QED) is 0.677. The fourth-order valence-corrected chi connectivity index (χ4v) is 3.72. The van der Waals surface area contributed by atoms with Crippen LogP contribution in [0.4, 0.5) is 5.69 Å². The van der Waals surface area contributed by atoms with Gasteiger partial charge in [-0.3, -0.25) is 4.79 Å². The third kappa shape index (κ3) is 3.67. The molecule has 0 radical (unpaired) electrons. The Morgan fingerprint density at radius 1 is 1.00 bits per heavy atom. The van der Waals surface area contributed by atoms with Crippen LogP contribution in [0.25, 0.3) is 0 Å². The molecule has 0 aliphatic rings. The predicted octanol–water partition coefficient (Wildman–Crippen LogP) is 4.44. The topological polar surface area (TPSA) is 76.4 Å². The van der Waals surface area contributed by atoms with Gasteiger partial charge in [0.2, 0.25) is 14.9 Å². The minimum atomic E-state index is -3.81. The van der Waals surface area contributed by atoms with Crippen LogP contribution >= 0.6 is 15.9 Å². The van der Waals surface area contributed by atoms with E-state index in [2.05, 4.69) is 21.2 Å². The Labute approximate surface area is 153 Å². The first-order chi connectivity index (χ1) is 11.9. The van der Waals surface area contributed by atoms with E-state index in [-0.39, 0.29) is 15.7 Å². The number of furan rings is 1. The van der Waals surface area contributed by atoms with Crippen molar-refractivity contribution in [2.75, 3.05) is 5.32 Å². The summed E-state index contributed by atoms with van der Waals surface area (Å²) in [5.74, 6) is -0.612. The molecule has 1 aromatic heterocycles. The molecule has 0 bridgehead atoms. The Bertz CT molecular complexity index is 1020. The van der Waals surface area contributed by atoms with Crippen LogP contribution in [0.2, 0.25) is 0 Å². The molecule has 0 spiro atoms. The normalized spacial score (nSPS) is 11.3. The number of rotatable bonds is 4. The second-order valence-electron chi connectivity index (χ2n) is 5.37. The van der Waals surface area contributed by atoms with Crippen LogP contribution in [-0.2, 0) is 9.84 Å². The first-order valence-electron chi connectivity index (χ1n) is 7.35. The van der Waals surface area contributed by atoms with Crippen LogP contribution in [0.15, 0.2) is 79.5 Å². The van der Waals surface area contributed by atoms with Gasteiger partial charge in [0.1, 0.15) is 0 Å². The van der Waals surface area contributed by atoms with E-state index in [4.69, 9.17) is 4.42 Å². The zero-order chi connectivity index (χ0) is 18.0. The molecule has 0 atom stereocenters. The molecule has 3 rings (SSSR count). The van der Waals surface area contributed by atoms with E-state index >= 15 is 0 Å². The number of hydrogen-bond donors (Lipinski definition) is 1. The summed E-state index contributed by atoms with van der Waals surface area (Å²) in [7, 11) is -3.81. The van der Waals surface area contributed by atoms with Gasteiger partial charge < -0.3 is 9.73 Å². The summed E-state index contributed by atoms with van der Waals surface area (Å²) in [5.41, 5.74) is 1.51. The molecule has 0 fully saturated rings. The highest BCUT2D eigenvalue weighted by atomic mass is 79.9. The Morgan fingerprint density at radius 3 is 2.36 bits per heavy atom. The highest BCUT2D eigenvalue weighted by molar-refractivity contribution is 9.10. The van der Waals surface area contributed by atoms with Gasteiger partial charge in [0.15, 0.2) is 5.76 Å². The molecule has 0 aliphatic carbocycles. The monoisotopic (exact) mass is 419 g/mol. The highest BCUT2D eigenvalue weighted by Gasteiger charge is 2.23. The third-order valence-electron chi connectivity index (χ3n) is 3.52. The van der Waals surface area contributed by atoms with Crippen molar-refractivity contribution in [3.05, 3.63) is 76.5 Å². The van der Waals surface area contributed by atoms with Crippen LogP contribution in [-0.4, -0.2) is 14.3 Å². The summed E-state index contributed by atoms with van der Waals surface area (Å²) in [6.07, 6.45) is 0. The molecule has 0 saturated heterocycles. The standard InChI is InChI=1S/C18H14BrNO4S/c1-12-6-8-13(9-7-12)25(22,23)17-11-10-16(24-17)18(21)20-15-5-3-2-4-14(15)19/h2-11H,1H3,(H,20,21). The maximum absolute atomic E-state index is 12.6. The molecular weight excluding hydrogens is 406 g/mol. The van der Waals surface area contributed by atoms with E-state index in [1.54, 1.807) is 30.3 Å². The summed E-state index contributed by atoms with van der Waals surface area (Å²) in [5, 5.41) is 2.39. The molecule has 128 valence electrons. The van der Waals surface area contributed by atoms with Gasteiger partial charge in [0, 0.05) is 4.47 Å². The van der Waals surface area contributed by atoms with Gasteiger partial charge in [-0.2, -0.15) is 0 Å². The third-order valence-corrected chi connectivity index (χ3v) is 5.86. The number of anilines is 1. The maximum Gasteiger partial charge on any atom is 0.291 e. The molecule has 7 heteroatoms. The van der Waals surface area contributed by atoms with Gasteiger partial charge in [-0.25, -0.2) is 8.42 Å². The van der Waals surface area contributed by atoms with Crippen molar-refractivity contribution < 1.29 is 17.6 Å². The number of amides is 1. The smallest absolute Gasteiger partial charge is 0.291 e. The van der Waals surface area contributed by atoms with E-state index in [1.807, 2.05) is 13.0 Å². The summed E-state index contributed by atoms with van der Waals surface area (Å²) in [4.78, 5) is 12.4. The predicted molar refractivity (Wildman–Crippen MR) is 97.4 cm³/mol. The molecule has 0 aliphatic heterocycles. The molecule has 5 nitrogen and oxygen atoms in total. The van der Waals surface area contributed by atoms with Crippen molar-refractivity contribution in [2.45, 2.75) is 16.9 Å². The molecule has 3 aromatic rings. The van der Waals surface area contributed by atoms with Crippen molar-refractivity contribution in [2.24, 2.45) is 0 Å². The molecular formula is C18H14BrNO4S. The van der Waals surface area contributed by atoms with Gasteiger partial charge in [-0.05, 0) is 59.3 Å². The molecule has 1 amide bonds. The van der Waals surface area contributed by atoms with Gasteiger partial charge >= 0.3 is 0 Å². The van der Waals surface area contributed by atoms with E-state index in [9.17, 15) is 13.2 Å². The highest BCUT2D eigenvalue weighted by Crippen LogP contribution is 2.25. The average molecular weight is 420 g/mol. The molecule has 0 unspecified atom stereocenters. The fourth-order valence-electron chi connectivity index (χ4n) is 2.17. The van der Waals surface area contributed by atoms with Gasteiger partial charge in [-0.1, -0.05) is 29.8 Å². The minimum Gasteiger partial charge on any atom is -0.439 e. The summed E-state index contributed by atoms with van der Waals surface area (Å²) >= 11 is 3.33. The number of carbonyl (C=O) groups excluding carboxylic acids is 1. The van der Waals surface area contributed by atoms with Gasteiger partial charge in [-0.15, -0.1) is 0 Å². The Hall–Kier alpha value is -2.38. The van der Waals surface area contributed by atoms with E-state index in [1.165, 1.54) is 24.3 Å². The lowest BCUT2D eigenvalue weighted by Gasteiger charge is -2.05.